The lowest BCUT2D eigenvalue weighted by Crippen LogP contribution is -2.13. The van der Waals surface area contributed by atoms with E-state index in [4.69, 9.17) is 16.9 Å². The lowest BCUT2D eigenvalue weighted by Gasteiger charge is -2.04. The van der Waals surface area contributed by atoms with Gasteiger partial charge in [-0.3, -0.25) is 14.9 Å². The van der Waals surface area contributed by atoms with Crippen molar-refractivity contribution in [1.29, 1.82) is 5.26 Å². The van der Waals surface area contributed by atoms with Gasteiger partial charge < -0.3 is 5.32 Å². The van der Waals surface area contributed by atoms with Crippen LogP contribution in [-0.2, 0) is 4.79 Å². The van der Waals surface area contributed by atoms with Crippen molar-refractivity contribution in [2.24, 2.45) is 0 Å². The zero-order valence-electron chi connectivity index (χ0n) is 12.0. The molecule has 0 radical (unpaired) electrons. The van der Waals surface area contributed by atoms with E-state index in [1.807, 2.05) is 0 Å². The van der Waals surface area contributed by atoms with Gasteiger partial charge in [-0.1, -0.05) is 33.6 Å². The molecule has 2 aromatic rings. The third-order valence-electron chi connectivity index (χ3n) is 2.95. The number of nitrogens with zero attached hydrogens (tertiary/aromatic N) is 2. The highest BCUT2D eigenvalue weighted by molar-refractivity contribution is 9.10. The van der Waals surface area contributed by atoms with Crippen LogP contribution < -0.4 is 5.32 Å². The van der Waals surface area contributed by atoms with Gasteiger partial charge in [0.1, 0.15) is 16.7 Å². The Labute approximate surface area is 150 Å². The fourth-order valence-electron chi connectivity index (χ4n) is 1.81. The van der Waals surface area contributed by atoms with E-state index < -0.39 is 10.8 Å². The molecule has 0 spiro atoms. The van der Waals surface area contributed by atoms with Gasteiger partial charge in [-0.05, 0) is 42.0 Å². The highest BCUT2D eigenvalue weighted by atomic mass is 79.9. The molecule has 0 aliphatic carbocycles. The molecular weight excluding hydrogens is 398 g/mol. The Bertz CT molecular complexity index is 873. The third-order valence-corrected chi connectivity index (χ3v) is 3.79. The molecule has 0 atom stereocenters. The van der Waals surface area contributed by atoms with Crippen molar-refractivity contribution >= 4 is 50.9 Å². The zero-order chi connectivity index (χ0) is 17.7. The van der Waals surface area contributed by atoms with E-state index in [9.17, 15) is 14.9 Å². The molecule has 1 amide bonds. The Hall–Kier alpha value is -2.69. The molecule has 0 saturated carbocycles. The zero-order valence-corrected chi connectivity index (χ0v) is 14.3. The van der Waals surface area contributed by atoms with E-state index in [0.29, 0.717) is 11.3 Å². The first kappa shape index (κ1) is 17.7. The van der Waals surface area contributed by atoms with E-state index in [2.05, 4.69) is 21.2 Å². The Morgan fingerprint density at radius 3 is 2.54 bits per heavy atom. The molecule has 0 unspecified atom stereocenters. The number of rotatable bonds is 4. The van der Waals surface area contributed by atoms with E-state index in [-0.39, 0.29) is 16.3 Å². The molecule has 2 aromatic carbocycles. The van der Waals surface area contributed by atoms with Crippen molar-refractivity contribution in [2.45, 2.75) is 0 Å². The van der Waals surface area contributed by atoms with Gasteiger partial charge in [-0.15, -0.1) is 0 Å². The van der Waals surface area contributed by atoms with E-state index in [1.54, 1.807) is 30.3 Å². The second-order valence-electron chi connectivity index (χ2n) is 4.60. The van der Waals surface area contributed by atoms with Crippen molar-refractivity contribution in [1.82, 2.24) is 0 Å². The smallest absolute Gasteiger partial charge is 0.288 e. The predicted molar refractivity (Wildman–Crippen MR) is 94.5 cm³/mol. The summed E-state index contributed by atoms with van der Waals surface area (Å²) in [4.78, 5) is 22.4. The van der Waals surface area contributed by atoms with Gasteiger partial charge in [0.05, 0.1) is 4.92 Å². The number of halogens is 2. The van der Waals surface area contributed by atoms with Gasteiger partial charge in [-0.2, -0.15) is 5.26 Å². The van der Waals surface area contributed by atoms with Gasteiger partial charge in [0.25, 0.3) is 11.6 Å². The number of nitriles is 1. The Kier molecular flexibility index (Phi) is 5.68. The lowest BCUT2D eigenvalue weighted by atomic mass is 10.1. The molecule has 0 aliphatic heterocycles. The van der Waals surface area contributed by atoms with Crippen LogP contribution in [0.15, 0.2) is 52.5 Å². The summed E-state index contributed by atoms with van der Waals surface area (Å²) < 4.78 is 0.852. The monoisotopic (exact) mass is 405 g/mol. The van der Waals surface area contributed by atoms with E-state index in [0.717, 1.165) is 4.47 Å². The number of hydrogen-bond acceptors (Lipinski definition) is 4. The van der Waals surface area contributed by atoms with Crippen molar-refractivity contribution in [3.8, 4) is 6.07 Å². The summed E-state index contributed by atoms with van der Waals surface area (Å²) in [5, 5.41) is 22.6. The number of carbonyl (C=O) groups is 1. The third kappa shape index (κ3) is 4.41. The number of nitrogens with one attached hydrogen (secondary N) is 1. The number of amides is 1. The average Bonchev–Trinajstić information content (AvgIpc) is 2.55. The molecule has 2 rings (SSSR count). The summed E-state index contributed by atoms with van der Waals surface area (Å²) in [5.41, 5.74) is 0.366. The normalized spacial score (nSPS) is 10.8. The molecule has 24 heavy (non-hydrogen) atoms. The number of nitro benzene ring substituents is 1. The number of benzene rings is 2. The fourth-order valence-corrected chi connectivity index (χ4v) is 2.26. The molecule has 8 heteroatoms. The van der Waals surface area contributed by atoms with Crippen LogP contribution in [0.4, 0.5) is 11.4 Å². The summed E-state index contributed by atoms with van der Waals surface area (Å²) in [5.74, 6) is -0.613. The molecule has 0 aliphatic rings. The molecule has 120 valence electrons. The number of hydrogen-bond donors (Lipinski definition) is 1. The van der Waals surface area contributed by atoms with Crippen LogP contribution in [0.1, 0.15) is 5.56 Å². The van der Waals surface area contributed by atoms with Crippen molar-refractivity contribution in [2.75, 3.05) is 5.32 Å². The second-order valence-corrected chi connectivity index (χ2v) is 5.92. The van der Waals surface area contributed by atoms with Crippen LogP contribution in [0.2, 0.25) is 5.02 Å². The number of nitro groups is 1. The van der Waals surface area contributed by atoms with Gasteiger partial charge >= 0.3 is 0 Å². The van der Waals surface area contributed by atoms with Gasteiger partial charge in [0.2, 0.25) is 0 Å². The van der Waals surface area contributed by atoms with Crippen molar-refractivity contribution in [3.63, 3.8) is 0 Å². The van der Waals surface area contributed by atoms with Crippen LogP contribution in [-0.4, -0.2) is 10.8 Å². The van der Waals surface area contributed by atoms with Crippen molar-refractivity contribution < 1.29 is 9.72 Å². The largest absolute Gasteiger partial charge is 0.321 e. The van der Waals surface area contributed by atoms with E-state index in [1.165, 1.54) is 24.3 Å². The SMILES string of the molecule is N#C/C(=C/c1ccc(Cl)c([N+](=O)[O-])c1)C(=O)Nc1ccc(Br)cc1. The van der Waals surface area contributed by atoms with Crippen LogP contribution in [0.25, 0.3) is 6.08 Å². The average molecular weight is 407 g/mol. The summed E-state index contributed by atoms with van der Waals surface area (Å²) in [7, 11) is 0. The highest BCUT2D eigenvalue weighted by Crippen LogP contribution is 2.26. The summed E-state index contributed by atoms with van der Waals surface area (Å²) >= 11 is 9.01. The molecule has 0 saturated heterocycles. The minimum absolute atomic E-state index is 0.0185. The molecular formula is C16H9BrClN3O3. The van der Waals surface area contributed by atoms with E-state index >= 15 is 0 Å². The quantitative estimate of drug-likeness (QED) is 0.348. The maximum absolute atomic E-state index is 12.1. The van der Waals surface area contributed by atoms with Crippen LogP contribution >= 0.6 is 27.5 Å². The first-order chi connectivity index (χ1) is 11.4. The maximum atomic E-state index is 12.1. The molecule has 6 nitrogen and oxygen atoms in total. The topological polar surface area (TPSA) is 96.0 Å². The minimum atomic E-state index is -0.631. The number of anilines is 1. The van der Waals surface area contributed by atoms with Crippen molar-refractivity contribution in [3.05, 3.63) is 73.2 Å². The first-order valence-corrected chi connectivity index (χ1v) is 7.70. The van der Waals surface area contributed by atoms with Crippen LogP contribution in [0.3, 0.4) is 0 Å². The molecule has 0 fully saturated rings. The standard InChI is InChI=1S/C16H9BrClN3O3/c17-12-2-4-13(5-3-12)20-16(22)11(9-19)7-10-1-6-14(18)15(8-10)21(23)24/h1-8H,(H,20,22)/b11-7-. The minimum Gasteiger partial charge on any atom is -0.321 e. The maximum Gasteiger partial charge on any atom is 0.288 e. The first-order valence-electron chi connectivity index (χ1n) is 6.53. The van der Waals surface area contributed by atoms with Gasteiger partial charge in [0.15, 0.2) is 0 Å². The molecule has 1 N–H and O–H groups in total. The fraction of sp³-hybridized carbons (Fsp3) is 0. The highest BCUT2D eigenvalue weighted by Gasteiger charge is 2.14. The van der Waals surface area contributed by atoms with Gasteiger partial charge in [0, 0.05) is 16.2 Å². The van der Waals surface area contributed by atoms with Gasteiger partial charge in [-0.25, -0.2) is 0 Å². The Balaban J connectivity index is 2.27. The Morgan fingerprint density at radius 2 is 1.96 bits per heavy atom. The van der Waals surface area contributed by atoms with Crippen LogP contribution in [0.5, 0.6) is 0 Å². The predicted octanol–water partition coefficient (Wildman–Crippen LogP) is 4.56. The lowest BCUT2D eigenvalue weighted by molar-refractivity contribution is -0.384. The molecule has 0 bridgehead atoms. The Morgan fingerprint density at radius 1 is 1.29 bits per heavy atom. The molecule has 0 heterocycles. The summed E-state index contributed by atoms with van der Waals surface area (Å²) in [6.07, 6.45) is 1.26. The summed E-state index contributed by atoms with van der Waals surface area (Å²) in [6.45, 7) is 0. The summed E-state index contributed by atoms with van der Waals surface area (Å²) in [6, 6.07) is 12.6. The number of carbonyl (C=O) groups excluding carboxylic acids is 1. The molecule has 0 aromatic heterocycles. The second kappa shape index (κ2) is 7.73. The van der Waals surface area contributed by atoms with Crippen LogP contribution in [0, 0.1) is 21.4 Å².